The van der Waals surface area contributed by atoms with Crippen LogP contribution in [0.2, 0.25) is 0 Å². The maximum atomic E-state index is 14.3. The number of nitriles is 1. The highest BCUT2D eigenvalue weighted by molar-refractivity contribution is 6.22. The summed E-state index contributed by atoms with van der Waals surface area (Å²) in [5.41, 5.74) is 8.73. The van der Waals surface area contributed by atoms with Gasteiger partial charge in [-0.25, -0.2) is 0 Å². The number of hydrogen-bond donors (Lipinski definition) is 1. The topological polar surface area (TPSA) is 96.4 Å². The summed E-state index contributed by atoms with van der Waals surface area (Å²) in [4.78, 5) is 29.3. The normalized spacial score (nSPS) is 26.4. The average Bonchev–Trinajstić information content (AvgIpc) is 2.90. The first-order valence-electron chi connectivity index (χ1n) is 10.2. The third-order valence-corrected chi connectivity index (χ3v) is 6.68. The van der Waals surface area contributed by atoms with Gasteiger partial charge in [0.25, 0.3) is 0 Å². The number of carbonyl (C=O) groups excluding carboxylic acids is 2. The number of nitrogens with two attached hydrogens (primary N) is 1. The zero-order valence-corrected chi connectivity index (χ0v) is 17.5. The zero-order valence-electron chi connectivity index (χ0n) is 17.5. The highest BCUT2D eigenvalue weighted by Gasteiger charge is 2.64. The number of anilines is 1. The Morgan fingerprint density at radius 1 is 1.20 bits per heavy atom. The predicted octanol–water partition coefficient (Wildman–Crippen LogP) is 3.51. The van der Waals surface area contributed by atoms with Crippen LogP contribution in [0.15, 0.2) is 41.0 Å². The van der Waals surface area contributed by atoms with E-state index >= 15 is 0 Å². The Hall–Kier alpha value is -3.33. The maximum absolute atomic E-state index is 14.3. The standard InChI is InChI=1S/C24H23N3O3/c1-12-8-14-13(2)10-23(3,4)27-20(14)15(9-12)24(22(27)29)16(11-25)21(26)30-18-7-5-6-17(28)19(18)24/h8-10H,5-7,26H2,1-4H3. The van der Waals surface area contributed by atoms with Crippen molar-refractivity contribution in [2.24, 2.45) is 5.73 Å². The quantitative estimate of drug-likeness (QED) is 0.718. The minimum Gasteiger partial charge on any atom is -0.444 e. The number of allylic oxidation sites excluding steroid dienone is 2. The first kappa shape index (κ1) is 18.7. The summed E-state index contributed by atoms with van der Waals surface area (Å²) in [5.74, 6) is -0.114. The van der Waals surface area contributed by atoms with Gasteiger partial charge in [0.2, 0.25) is 11.8 Å². The zero-order chi connectivity index (χ0) is 21.6. The van der Waals surface area contributed by atoms with Crippen LogP contribution >= 0.6 is 0 Å². The summed E-state index contributed by atoms with van der Waals surface area (Å²) in [7, 11) is 0. The first-order valence-corrected chi connectivity index (χ1v) is 10.2. The lowest BCUT2D eigenvalue weighted by Gasteiger charge is -2.41. The van der Waals surface area contributed by atoms with Gasteiger partial charge in [0, 0.05) is 24.0 Å². The van der Waals surface area contributed by atoms with E-state index in [1.165, 1.54) is 0 Å². The number of rotatable bonds is 0. The van der Waals surface area contributed by atoms with Crippen LogP contribution in [0.3, 0.4) is 0 Å². The van der Waals surface area contributed by atoms with E-state index in [1.54, 1.807) is 4.90 Å². The van der Waals surface area contributed by atoms with Gasteiger partial charge in [-0.2, -0.15) is 5.26 Å². The second kappa shape index (κ2) is 5.63. The van der Waals surface area contributed by atoms with E-state index in [4.69, 9.17) is 10.5 Å². The van der Waals surface area contributed by atoms with Crippen molar-refractivity contribution in [2.75, 3.05) is 4.90 Å². The molecule has 0 radical (unpaired) electrons. The van der Waals surface area contributed by atoms with E-state index in [2.05, 4.69) is 18.2 Å². The fraction of sp³-hybridized carbons (Fsp3) is 0.375. The highest BCUT2D eigenvalue weighted by atomic mass is 16.5. The van der Waals surface area contributed by atoms with E-state index in [9.17, 15) is 14.9 Å². The first-order chi connectivity index (χ1) is 14.1. The van der Waals surface area contributed by atoms with Gasteiger partial charge in [-0.05, 0) is 45.8 Å². The molecular weight excluding hydrogens is 378 g/mol. The fourth-order valence-electron chi connectivity index (χ4n) is 5.66. The molecule has 1 amide bonds. The molecular formula is C24H23N3O3. The number of fused-ring (bicyclic) bond motifs is 2. The van der Waals surface area contributed by atoms with Crippen molar-refractivity contribution in [1.29, 1.82) is 5.26 Å². The second-order valence-electron chi connectivity index (χ2n) is 9.11. The Morgan fingerprint density at radius 3 is 2.63 bits per heavy atom. The van der Waals surface area contributed by atoms with Crippen LogP contribution < -0.4 is 10.6 Å². The molecule has 152 valence electrons. The van der Waals surface area contributed by atoms with Gasteiger partial charge in [0.05, 0.1) is 16.8 Å². The minimum atomic E-state index is -1.55. The van der Waals surface area contributed by atoms with Crippen molar-refractivity contribution in [2.45, 2.75) is 57.9 Å². The van der Waals surface area contributed by atoms with Crippen LogP contribution in [0.25, 0.3) is 5.57 Å². The molecule has 2 N–H and O–H groups in total. The van der Waals surface area contributed by atoms with Crippen LogP contribution in [0.4, 0.5) is 5.69 Å². The summed E-state index contributed by atoms with van der Waals surface area (Å²) in [6.45, 7) is 7.92. The molecule has 0 bridgehead atoms. The fourth-order valence-corrected chi connectivity index (χ4v) is 5.66. The second-order valence-corrected chi connectivity index (χ2v) is 9.11. The largest absolute Gasteiger partial charge is 0.444 e. The molecule has 4 aliphatic rings. The number of Topliss-reactive ketones (excluding diaryl/α,β-unsaturated/α-hetero) is 1. The Bertz CT molecular complexity index is 1210. The summed E-state index contributed by atoms with van der Waals surface area (Å²) in [6, 6.07) is 6.11. The average molecular weight is 401 g/mol. The van der Waals surface area contributed by atoms with Gasteiger partial charge >= 0.3 is 0 Å². The summed E-state index contributed by atoms with van der Waals surface area (Å²) in [5, 5.41) is 10.1. The van der Waals surface area contributed by atoms with Crippen LogP contribution in [-0.2, 0) is 19.7 Å². The van der Waals surface area contributed by atoms with E-state index in [-0.39, 0.29) is 23.1 Å². The third-order valence-electron chi connectivity index (χ3n) is 6.68. The maximum Gasteiger partial charge on any atom is 0.248 e. The van der Waals surface area contributed by atoms with Crippen molar-refractivity contribution in [3.8, 4) is 6.07 Å². The molecule has 1 aromatic rings. The van der Waals surface area contributed by atoms with Gasteiger partial charge in [-0.1, -0.05) is 17.7 Å². The van der Waals surface area contributed by atoms with Gasteiger partial charge in [-0.3, -0.25) is 9.59 Å². The molecule has 5 rings (SSSR count). The Balaban J connectivity index is 1.98. The molecule has 1 spiro atoms. The molecule has 6 nitrogen and oxygen atoms in total. The summed E-state index contributed by atoms with van der Waals surface area (Å²) in [6.07, 6.45) is 3.54. The molecule has 0 fully saturated rings. The number of ether oxygens (including phenoxy) is 1. The third kappa shape index (κ3) is 1.97. The number of benzene rings is 1. The molecule has 1 atom stereocenters. The van der Waals surface area contributed by atoms with Gasteiger partial charge in [-0.15, -0.1) is 0 Å². The van der Waals surface area contributed by atoms with Crippen LogP contribution in [-0.4, -0.2) is 17.2 Å². The number of aryl methyl sites for hydroxylation is 1. The smallest absolute Gasteiger partial charge is 0.248 e. The molecule has 1 unspecified atom stereocenters. The van der Waals surface area contributed by atoms with E-state index in [0.29, 0.717) is 36.2 Å². The Morgan fingerprint density at radius 2 is 1.93 bits per heavy atom. The molecule has 30 heavy (non-hydrogen) atoms. The van der Waals surface area contributed by atoms with Crippen molar-refractivity contribution in [3.05, 3.63) is 57.7 Å². The molecule has 1 aliphatic carbocycles. The van der Waals surface area contributed by atoms with Crippen LogP contribution in [0.5, 0.6) is 0 Å². The van der Waals surface area contributed by atoms with E-state index in [1.807, 2.05) is 33.8 Å². The van der Waals surface area contributed by atoms with Gasteiger partial charge in [0.1, 0.15) is 22.8 Å². The Labute approximate surface area is 175 Å². The number of carbonyl (C=O) groups is 2. The van der Waals surface area contributed by atoms with Crippen molar-refractivity contribution in [3.63, 3.8) is 0 Å². The van der Waals surface area contributed by atoms with Crippen molar-refractivity contribution < 1.29 is 14.3 Å². The van der Waals surface area contributed by atoms with E-state index < -0.39 is 11.0 Å². The molecule has 3 heterocycles. The number of hydrogen-bond acceptors (Lipinski definition) is 5. The lowest BCUT2D eigenvalue weighted by Crippen LogP contribution is -2.54. The monoisotopic (exact) mass is 401 g/mol. The molecule has 1 aromatic carbocycles. The summed E-state index contributed by atoms with van der Waals surface area (Å²) >= 11 is 0. The van der Waals surface area contributed by atoms with Gasteiger partial charge in [0.15, 0.2) is 5.78 Å². The van der Waals surface area contributed by atoms with Crippen LogP contribution in [0.1, 0.15) is 56.7 Å². The number of nitrogens with zero attached hydrogens (tertiary/aromatic N) is 2. The predicted molar refractivity (Wildman–Crippen MR) is 112 cm³/mol. The molecule has 0 aromatic heterocycles. The summed E-state index contributed by atoms with van der Waals surface area (Å²) < 4.78 is 5.74. The lowest BCUT2D eigenvalue weighted by molar-refractivity contribution is -0.125. The molecule has 3 aliphatic heterocycles. The van der Waals surface area contributed by atoms with E-state index in [0.717, 1.165) is 22.4 Å². The van der Waals surface area contributed by atoms with Crippen molar-refractivity contribution >= 4 is 23.0 Å². The SMILES string of the molecule is CC1=CC(C)(C)N2C(=O)C3(C(C#N)=C(N)OC4=C3C(=O)CCC4)c3cc(C)cc1c32. The van der Waals surface area contributed by atoms with Gasteiger partial charge < -0.3 is 15.4 Å². The molecule has 0 saturated heterocycles. The van der Waals surface area contributed by atoms with Crippen LogP contribution in [0, 0.1) is 18.3 Å². The Kier molecular flexibility index (Phi) is 3.51. The molecule has 0 saturated carbocycles. The highest BCUT2D eigenvalue weighted by Crippen LogP contribution is 2.60. The minimum absolute atomic E-state index is 0.0113. The lowest BCUT2D eigenvalue weighted by atomic mass is 9.64. The van der Waals surface area contributed by atoms with Crippen molar-refractivity contribution in [1.82, 2.24) is 0 Å². The number of ketones is 1. The number of amides is 1. The molecule has 6 heteroatoms.